The van der Waals surface area contributed by atoms with Crippen molar-refractivity contribution in [2.24, 2.45) is 0 Å². The Morgan fingerprint density at radius 3 is 2.63 bits per heavy atom. The molecule has 2 aromatic carbocycles. The summed E-state index contributed by atoms with van der Waals surface area (Å²) in [6, 6.07) is 11.3. The van der Waals surface area contributed by atoms with E-state index in [9.17, 15) is 0 Å². The monoisotopic (exact) mass is 359 g/mol. The molecule has 0 atom stereocenters. The summed E-state index contributed by atoms with van der Waals surface area (Å²) in [7, 11) is 1.62. The van der Waals surface area contributed by atoms with E-state index in [1.807, 2.05) is 30.3 Å². The van der Waals surface area contributed by atoms with Gasteiger partial charge in [-0.1, -0.05) is 41.4 Å². The second kappa shape index (κ2) is 6.51. The lowest BCUT2D eigenvalue weighted by Crippen LogP contribution is -2.02. The van der Waals surface area contributed by atoms with Gasteiger partial charge < -0.3 is 10.1 Å². The number of hydrogen-bond donors (Lipinski definition) is 1. The third kappa shape index (κ3) is 3.56. The summed E-state index contributed by atoms with van der Waals surface area (Å²) >= 11 is 15.6. The Bertz CT molecular complexity index is 590. The fraction of sp³-hybridized carbons (Fsp3) is 0.143. The minimum Gasteiger partial charge on any atom is -0.493 e. The maximum absolute atomic E-state index is 6.12. The van der Waals surface area contributed by atoms with E-state index in [0.29, 0.717) is 11.6 Å². The van der Waals surface area contributed by atoms with Crippen LogP contribution >= 0.6 is 39.1 Å². The summed E-state index contributed by atoms with van der Waals surface area (Å²) in [5.41, 5.74) is 1.84. The Morgan fingerprint density at radius 2 is 1.95 bits per heavy atom. The maximum Gasteiger partial charge on any atom is 0.156 e. The summed E-state index contributed by atoms with van der Waals surface area (Å²) in [6.45, 7) is 0.600. The van der Waals surface area contributed by atoms with Crippen molar-refractivity contribution in [2.75, 3.05) is 12.4 Å². The van der Waals surface area contributed by atoms with Crippen molar-refractivity contribution >= 4 is 44.8 Å². The third-order valence-electron chi connectivity index (χ3n) is 2.64. The fourth-order valence-corrected chi connectivity index (χ4v) is 2.91. The van der Waals surface area contributed by atoms with Crippen LogP contribution < -0.4 is 10.1 Å². The van der Waals surface area contributed by atoms with Gasteiger partial charge in [0.1, 0.15) is 0 Å². The molecule has 0 amide bonds. The standard InChI is InChI=1S/C14H12BrCl2NO/c1-19-14-11(15)6-10(16)7-13(14)18-8-9-4-2-3-5-12(9)17/h2-7,18H,8H2,1H3. The molecule has 2 nitrogen and oxygen atoms in total. The Kier molecular flexibility index (Phi) is 4.97. The molecule has 2 rings (SSSR count). The van der Waals surface area contributed by atoms with Crippen LogP contribution in [0.25, 0.3) is 0 Å². The lowest BCUT2D eigenvalue weighted by atomic mass is 10.2. The van der Waals surface area contributed by atoms with Gasteiger partial charge in [-0.3, -0.25) is 0 Å². The summed E-state index contributed by atoms with van der Waals surface area (Å²) in [4.78, 5) is 0. The van der Waals surface area contributed by atoms with Gasteiger partial charge in [-0.25, -0.2) is 0 Å². The smallest absolute Gasteiger partial charge is 0.156 e. The second-order valence-electron chi connectivity index (χ2n) is 3.91. The zero-order chi connectivity index (χ0) is 13.8. The van der Waals surface area contributed by atoms with Crippen LogP contribution in [-0.2, 0) is 6.54 Å². The first-order valence-corrected chi connectivity index (χ1v) is 7.17. The van der Waals surface area contributed by atoms with Crippen LogP contribution in [0.2, 0.25) is 10.0 Å². The molecule has 2 aromatic rings. The fourth-order valence-electron chi connectivity index (χ4n) is 1.73. The highest BCUT2D eigenvalue weighted by atomic mass is 79.9. The number of methoxy groups -OCH3 is 1. The van der Waals surface area contributed by atoms with Crippen molar-refractivity contribution in [3.8, 4) is 5.75 Å². The first kappa shape index (κ1) is 14.5. The molecule has 5 heteroatoms. The number of nitrogens with one attached hydrogen (secondary N) is 1. The first-order valence-electron chi connectivity index (χ1n) is 5.62. The average molecular weight is 361 g/mol. The number of benzene rings is 2. The molecule has 0 saturated heterocycles. The van der Waals surface area contributed by atoms with Gasteiger partial charge in [-0.15, -0.1) is 0 Å². The Hall–Kier alpha value is -0.900. The van der Waals surface area contributed by atoms with Crippen molar-refractivity contribution in [1.82, 2.24) is 0 Å². The predicted octanol–water partition coefficient (Wildman–Crippen LogP) is 5.38. The molecule has 0 aliphatic rings. The van der Waals surface area contributed by atoms with Crippen molar-refractivity contribution < 1.29 is 4.74 Å². The summed E-state index contributed by atoms with van der Waals surface area (Å²) < 4.78 is 6.16. The Balaban J connectivity index is 2.22. The molecule has 0 aromatic heterocycles. The molecule has 0 radical (unpaired) electrons. The number of halogens is 3. The number of anilines is 1. The van der Waals surface area contributed by atoms with Crippen LogP contribution in [0.1, 0.15) is 5.56 Å². The molecule has 19 heavy (non-hydrogen) atoms. The molecule has 0 aliphatic carbocycles. The minimum absolute atomic E-state index is 0.600. The largest absolute Gasteiger partial charge is 0.493 e. The normalized spacial score (nSPS) is 10.3. The van der Waals surface area contributed by atoms with Crippen molar-refractivity contribution in [3.05, 3.63) is 56.5 Å². The predicted molar refractivity (Wildman–Crippen MR) is 84.5 cm³/mol. The van der Waals surface area contributed by atoms with E-state index in [0.717, 1.165) is 26.5 Å². The van der Waals surface area contributed by atoms with Crippen LogP contribution in [0.15, 0.2) is 40.9 Å². The average Bonchev–Trinajstić information content (AvgIpc) is 2.37. The molecular weight excluding hydrogens is 349 g/mol. The highest BCUT2D eigenvalue weighted by Gasteiger charge is 2.09. The van der Waals surface area contributed by atoms with Gasteiger partial charge in [0.15, 0.2) is 5.75 Å². The molecule has 0 fully saturated rings. The number of hydrogen-bond acceptors (Lipinski definition) is 2. The van der Waals surface area contributed by atoms with E-state index < -0.39 is 0 Å². The third-order valence-corrected chi connectivity index (χ3v) is 3.82. The highest BCUT2D eigenvalue weighted by molar-refractivity contribution is 9.10. The second-order valence-corrected chi connectivity index (χ2v) is 5.61. The van der Waals surface area contributed by atoms with E-state index in [1.165, 1.54) is 0 Å². The molecule has 100 valence electrons. The number of rotatable bonds is 4. The van der Waals surface area contributed by atoms with E-state index in [4.69, 9.17) is 27.9 Å². The van der Waals surface area contributed by atoms with Gasteiger partial charge in [0.2, 0.25) is 0 Å². The van der Waals surface area contributed by atoms with Crippen molar-refractivity contribution in [2.45, 2.75) is 6.54 Å². The molecule has 0 saturated carbocycles. The minimum atomic E-state index is 0.600. The van der Waals surface area contributed by atoms with Crippen LogP contribution in [0.4, 0.5) is 5.69 Å². The molecule has 0 spiro atoms. The van der Waals surface area contributed by atoms with E-state index in [-0.39, 0.29) is 0 Å². The molecule has 1 N–H and O–H groups in total. The van der Waals surface area contributed by atoms with Crippen LogP contribution in [0.5, 0.6) is 5.75 Å². The molecule has 0 aliphatic heterocycles. The van der Waals surface area contributed by atoms with Crippen LogP contribution in [0.3, 0.4) is 0 Å². The van der Waals surface area contributed by atoms with Crippen LogP contribution in [-0.4, -0.2) is 7.11 Å². The van der Waals surface area contributed by atoms with E-state index in [2.05, 4.69) is 21.2 Å². The molecule has 0 bridgehead atoms. The maximum atomic E-state index is 6.12. The van der Waals surface area contributed by atoms with E-state index in [1.54, 1.807) is 13.2 Å². The quantitative estimate of drug-likeness (QED) is 0.790. The molecule has 0 heterocycles. The Labute approximate surface area is 130 Å². The van der Waals surface area contributed by atoms with Crippen LogP contribution in [0, 0.1) is 0 Å². The zero-order valence-corrected chi connectivity index (χ0v) is 13.3. The lowest BCUT2D eigenvalue weighted by molar-refractivity contribution is 0.414. The summed E-state index contributed by atoms with van der Waals surface area (Å²) in [6.07, 6.45) is 0. The van der Waals surface area contributed by atoms with Gasteiger partial charge in [-0.2, -0.15) is 0 Å². The van der Waals surface area contributed by atoms with Gasteiger partial charge in [0.25, 0.3) is 0 Å². The van der Waals surface area contributed by atoms with E-state index >= 15 is 0 Å². The SMILES string of the molecule is COc1c(Br)cc(Cl)cc1NCc1ccccc1Cl. The highest BCUT2D eigenvalue weighted by Crippen LogP contribution is 2.36. The lowest BCUT2D eigenvalue weighted by Gasteiger charge is -2.14. The number of ether oxygens (including phenoxy) is 1. The topological polar surface area (TPSA) is 21.3 Å². The summed E-state index contributed by atoms with van der Waals surface area (Å²) in [5.74, 6) is 0.719. The Morgan fingerprint density at radius 1 is 1.21 bits per heavy atom. The van der Waals surface area contributed by atoms with Gasteiger partial charge in [-0.05, 0) is 39.7 Å². The van der Waals surface area contributed by atoms with Crippen molar-refractivity contribution in [3.63, 3.8) is 0 Å². The van der Waals surface area contributed by atoms with Gasteiger partial charge in [0, 0.05) is 16.6 Å². The molecule has 0 unspecified atom stereocenters. The van der Waals surface area contributed by atoms with Gasteiger partial charge >= 0.3 is 0 Å². The van der Waals surface area contributed by atoms with Crippen molar-refractivity contribution in [1.29, 1.82) is 0 Å². The molecular formula is C14H12BrCl2NO. The zero-order valence-electron chi connectivity index (χ0n) is 10.2. The van der Waals surface area contributed by atoms with Gasteiger partial charge in [0.05, 0.1) is 17.3 Å². The summed E-state index contributed by atoms with van der Waals surface area (Å²) in [5, 5.41) is 4.64. The first-order chi connectivity index (χ1) is 9.11.